The minimum Gasteiger partial charge on any atom is -0.383 e. The number of nitrogens with two attached hydrogens (primary N) is 1. The van der Waals surface area contributed by atoms with Crippen LogP contribution in [0.2, 0.25) is 0 Å². The zero-order valence-corrected chi connectivity index (χ0v) is 13.5. The molecule has 1 fully saturated rings. The fraction of sp³-hybridized carbons (Fsp3) is 0.588. The molecule has 3 N–H and O–H groups in total. The highest BCUT2D eigenvalue weighted by Crippen LogP contribution is 2.19. The second kappa shape index (κ2) is 7.72. The number of carbonyl (C=O) groups excluding carboxylic acids is 1. The van der Waals surface area contributed by atoms with Crippen LogP contribution in [0, 0.1) is 0 Å². The summed E-state index contributed by atoms with van der Waals surface area (Å²) in [6.45, 7) is 5.45. The van der Waals surface area contributed by atoms with Crippen LogP contribution < -0.4 is 11.1 Å². The van der Waals surface area contributed by atoms with Crippen LogP contribution in [0.4, 0.5) is 0 Å². The van der Waals surface area contributed by atoms with Crippen molar-refractivity contribution in [2.75, 3.05) is 33.4 Å². The Morgan fingerprint density at radius 2 is 2.00 bits per heavy atom. The summed E-state index contributed by atoms with van der Waals surface area (Å²) in [5.41, 5.74) is 6.10. The maximum absolute atomic E-state index is 12.5. The average Bonchev–Trinajstić information content (AvgIpc) is 2.55. The third-order valence-electron chi connectivity index (χ3n) is 4.38. The number of hydrogen-bond acceptors (Lipinski definition) is 4. The zero-order valence-electron chi connectivity index (χ0n) is 13.5. The van der Waals surface area contributed by atoms with Crippen molar-refractivity contribution in [3.8, 4) is 0 Å². The quantitative estimate of drug-likeness (QED) is 0.825. The Kier molecular flexibility index (Phi) is 5.94. The molecule has 1 aliphatic heterocycles. The van der Waals surface area contributed by atoms with Crippen molar-refractivity contribution >= 4 is 5.91 Å². The van der Waals surface area contributed by atoms with E-state index >= 15 is 0 Å². The number of nitrogens with one attached hydrogen (secondary N) is 1. The molecule has 1 atom stereocenters. The summed E-state index contributed by atoms with van der Waals surface area (Å²) in [4.78, 5) is 14.9. The van der Waals surface area contributed by atoms with E-state index in [1.54, 1.807) is 14.0 Å². The standard InChI is InChI=1S/C17H27N3O2/c1-17(18,14-6-4-3-5-7-14)16(21)19-15-8-10-20(11-9-15)12-13-22-2/h3-7,15H,8-13,18H2,1-2H3,(H,19,21). The van der Waals surface area contributed by atoms with Gasteiger partial charge in [0, 0.05) is 32.8 Å². The molecule has 1 saturated heterocycles. The van der Waals surface area contributed by atoms with Gasteiger partial charge in [0.05, 0.1) is 6.61 Å². The number of carbonyl (C=O) groups is 1. The summed E-state index contributed by atoms with van der Waals surface area (Å²) in [7, 11) is 1.72. The van der Waals surface area contributed by atoms with Gasteiger partial charge in [-0.1, -0.05) is 30.3 Å². The van der Waals surface area contributed by atoms with E-state index in [2.05, 4.69) is 10.2 Å². The van der Waals surface area contributed by atoms with E-state index in [4.69, 9.17) is 10.5 Å². The second-order valence-electron chi connectivity index (χ2n) is 6.15. The van der Waals surface area contributed by atoms with Crippen molar-refractivity contribution in [3.05, 3.63) is 35.9 Å². The van der Waals surface area contributed by atoms with E-state index in [-0.39, 0.29) is 11.9 Å². The summed E-state index contributed by atoms with van der Waals surface area (Å²) in [5.74, 6) is -0.103. The Labute approximate surface area is 132 Å². The van der Waals surface area contributed by atoms with Crippen LogP contribution in [-0.2, 0) is 15.1 Å². The van der Waals surface area contributed by atoms with E-state index in [0.717, 1.165) is 44.6 Å². The summed E-state index contributed by atoms with van der Waals surface area (Å²) in [5, 5.41) is 3.11. The maximum atomic E-state index is 12.5. The second-order valence-corrected chi connectivity index (χ2v) is 6.15. The number of methoxy groups -OCH3 is 1. The highest BCUT2D eigenvalue weighted by molar-refractivity contribution is 5.87. The van der Waals surface area contributed by atoms with Crippen molar-refractivity contribution in [2.24, 2.45) is 5.73 Å². The predicted octanol–water partition coefficient (Wildman–Crippen LogP) is 1.09. The summed E-state index contributed by atoms with van der Waals surface area (Å²) in [6, 6.07) is 9.73. The molecule has 1 unspecified atom stereocenters. The Balaban J connectivity index is 1.85. The Bertz CT molecular complexity index is 468. The molecule has 0 aliphatic carbocycles. The van der Waals surface area contributed by atoms with Crippen molar-refractivity contribution in [1.29, 1.82) is 0 Å². The topological polar surface area (TPSA) is 67.6 Å². The largest absolute Gasteiger partial charge is 0.383 e. The van der Waals surface area contributed by atoms with Gasteiger partial charge in [0.2, 0.25) is 5.91 Å². The molecule has 5 nitrogen and oxygen atoms in total. The number of nitrogens with zero attached hydrogens (tertiary/aromatic N) is 1. The van der Waals surface area contributed by atoms with Crippen LogP contribution in [0.25, 0.3) is 0 Å². The summed E-state index contributed by atoms with van der Waals surface area (Å²) < 4.78 is 5.10. The zero-order chi connectivity index (χ0) is 16.0. The molecule has 0 aromatic heterocycles. The normalized spacial score (nSPS) is 19.6. The molecule has 2 rings (SSSR count). The SMILES string of the molecule is COCCN1CCC(NC(=O)C(C)(N)c2ccccc2)CC1. The molecule has 1 aromatic rings. The molecule has 0 bridgehead atoms. The lowest BCUT2D eigenvalue weighted by molar-refractivity contribution is -0.127. The van der Waals surface area contributed by atoms with Gasteiger partial charge in [-0.3, -0.25) is 4.79 Å². The van der Waals surface area contributed by atoms with E-state index in [9.17, 15) is 4.79 Å². The van der Waals surface area contributed by atoms with Crippen LogP contribution in [0.3, 0.4) is 0 Å². The van der Waals surface area contributed by atoms with Gasteiger partial charge in [-0.2, -0.15) is 0 Å². The molecule has 0 saturated carbocycles. The van der Waals surface area contributed by atoms with Gasteiger partial charge in [-0.15, -0.1) is 0 Å². The molecule has 1 aromatic carbocycles. The highest BCUT2D eigenvalue weighted by atomic mass is 16.5. The van der Waals surface area contributed by atoms with Crippen molar-refractivity contribution in [2.45, 2.75) is 31.3 Å². The number of likely N-dealkylation sites (tertiary alicyclic amines) is 1. The fourth-order valence-electron chi connectivity index (χ4n) is 2.77. The monoisotopic (exact) mass is 305 g/mol. The summed E-state index contributed by atoms with van der Waals surface area (Å²) in [6.07, 6.45) is 1.92. The molecule has 122 valence electrons. The number of piperidine rings is 1. The van der Waals surface area contributed by atoms with Crippen LogP contribution in [0.1, 0.15) is 25.3 Å². The van der Waals surface area contributed by atoms with Crippen molar-refractivity contribution in [1.82, 2.24) is 10.2 Å². The third-order valence-corrected chi connectivity index (χ3v) is 4.38. The van der Waals surface area contributed by atoms with Crippen molar-refractivity contribution < 1.29 is 9.53 Å². The van der Waals surface area contributed by atoms with Gasteiger partial charge in [-0.25, -0.2) is 0 Å². The van der Waals surface area contributed by atoms with Crippen LogP contribution in [0.15, 0.2) is 30.3 Å². The van der Waals surface area contributed by atoms with Gasteiger partial charge in [-0.05, 0) is 25.3 Å². The molecular formula is C17H27N3O2. The molecule has 1 aliphatic rings. The lowest BCUT2D eigenvalue weighted by Gasteiger charge is -2.34. The van der Waals surface area contributed by atoms with E-state index in [0.29, 0.717) is 0 Å². The average molecular weight is 305 g/mol. The van der Waals surface area contributed by atoms with Gasteiger partial charge < -0.3 is 20.7 Å². The van der Waals surface area contributed by atoms with Crippen LogP contribution in [-0.4, -0.2) is 50.2 Å². The molecule has 0 spiro atoms. The minimum atomic E-state index is -0.992. The molecule has 5 heteroatoms. The van der Waals surface area contributed by atoms with Gasteiger partial charge in [0.15, 0.2) is 0 Å². The Hall–Kier alpha value is -1.43. The van der Waals surface area contributed by atoms with Gasteiger partial charge >= 0.3 is 0 Å². The van der Waals surface area contributed by atoms with E-state index < -0.39 is 5.54 Å². The summed E-state index contributed by atoms with van der Waals surface area (Å²) >= 11 is 0. The molecule has 22 heavy (non-hydrogen) atoms. The van der Waals surface area contributed by atoms with Crippen LogP contribution in [0.5, 0.6) is 0 Å². The number of rotatable bonds is 6. The molecule has 0 radical (unpaired) electrons. The highest BCUT2D eigenvalue weighted by Gasteiger charge is 2.32. The molecular weight excluding hydrogens is 278 g/mol. The Morgan fingerprint density at radius 1 is 1.36 bits per heavy atom. The maximum Gasteiger partial charge on any atom is 0.244 e. The number of ether oxygens (including phenoxy) is 1. The lowest BCUT2D eigenvalue weighted by atomic mass is 9.91. The predicted molar refractivity (Wildman–Crippen MR) is 87.5 cm³/mol. The number of amides is 1. The first-order valence-corrected chi connectivity index (χ1v) is 7.90. The minimum absolute atomic E-state index is 0.103. The molecule has 1 heterocycles. The van der Waals surface area contributed by atoms with E-state index in [1.165, 1.54) is 0 Å². The lowest BCUT2D eigenvalue weighted by Crippen LogP contribution is -2.54. The third kappa shape index (κ3) is 4.29. The first kappa shape index (κ1) is 16.9. The first-order chi connectivity index (χ1) is 10.5. The fourth-order valence-corrected chi connectivity index (χ4v) is 2.77. The van der Waals surface area contributed by atoms with Gasteiger partial charge in [0.25, 0.3) is 0 Å². The molecule has 1 amide bonds. The Morgan fingerprint density at radius 3 is 2.59 bits per heavy atom. The van der Waals surface area contributed by atoms with Gasteiger partial charge in [0.1, 0.15) is 5.54 Å². The van der Waals surface area contributed by atoms with E-state index in [1.807, 2.05) is 30.3 Å². The number of hydrogen-bond donors (Lipinski definition) is 2. The van der Waals surface area contributed by atoms with Crippen LogP contribution >= 0.6 is 0 Å². The smallest absolute Gasteiger partial charge is 0.244 e. The van der Waals surface area contributed by atoms with Crippen molar-refractivity contribution in [3.63, 3.8) is 0 Å². The number of benzene rings is 1. The first-order valence-electron chi connectivity index (χ1n) is 7.90.